The van der Waals surface area contributed by atoms with E-state index in [0.29, 0.717) is 0 Å². The van der Waals surface area contributed by atoms with E-state index in [1.807, 2.05) is 0 Å². The van der Waals surface area contributed by atoms with Crippen molar-refractivity contribution in [2.24, 2.45) is 16.2 Å². The molecule has 0 atom stereocenters. The number of rotatable bonds is 82. The van der Waals surface area contributed by atoms with Crippen LogP contribution in [0.15, 0.2) is 0 Å². The molecule has 0 aliphatic carbocycles. The largest absolute Gasteiger partial charge is 0.481 e. The number of carboxylic acid groups (broad SMARTS) is 1. The van der Waals surface area contributed by atoms with Crippen LogP contribution in [0.2, 0.25) is 0 Å². The molecule has 0 aromatic rings. The SMILES string of the molecule is CCCCCCCCCCCCCCC(CCCCCCCCCCCC)(CCCCCCCCCCCC)C(CCCCCCCCCCCC)(CCCCCCCCCCCC)C(CCCCCCCCCCCC)(CCCCCCCCCCCC)C(=O)O. The zero-order valence-electron chi connectivity index (χ0n) is 65.7. The molecule has 0 fully saturated rings. The molecule has 92 heavy (non-hydrogen) atoms. The van der Waals surface area contributed by atoms with Gasteiger partial charge in [-0.05, 0) is 55.8 Å². The van der Waals surface area contributed by atoms with Gasteiger partial charge in [0, 0.05) is 0 Å². The lowest BCUT2D eigenvalue weighted by atomic mass is 9.42. The minimum atomic E-state index is -0.653. The zero-order chi connectivity index (χ0) is 66.9. The van der Waals surface area contributed by atoms with E-state index >= 15 is 4.79 Å². The van der Waals surface area contributed by atoms with Crippen LogP contribution >= 0.6 is 0 Å². The quantitative estimate of drug-likeness (QED) is 0.0616. The molecule has 1 N–H and O–H groups in total. The van der Waals surface area contributed by atoms with Crippen molar-refractivity contribution in [3.8, 4) is 0 Å². The lowest BCUT2D eigenvalue weighted by Gasteiger charge is -2.61. The molecule has 0 aliphatic rings. The first-order valence-corrected chi connectivity index (χ1v) is 44.6. The summed E-state index contributed by atoms with van der Waals surface area (Å²) in [5.74, 6) is -0.325. The summed E-state index contributed by atoms with van der Waals surface area (Å²) in [6, 6.07) is 0. The van der Waals surface area contributed by atoms with Crippen LogP contribution in [-0.4, -0.2) is 11.1 Å². The standard InChI is InChI=1S/C90H180O2/c1-8-15-22-29-36-43-50-51-54-61-68-75-82-88(80-73-66-59-52-44-37-30-23-16-9-2,81-74-67-60-53-45-38-31-24-17-10-3)90(85-78-71-64-57-48-41-34-27-20-13-6,86-79-72-65-58-49-42-35-28-21-14-7)89(87(91)92,83-76-69-62-55-46-39-32-25-18-11-4)84-77-70-63-56-47-40-33-26-19-12-5/h8-86H2,1-7H3,(H,91,92). The first-order valence-electron chi connectivity index (χ1n) is 44.6. The maximum atomic E-state index is 15.9. The van der Waals surface area contributed by atoms with Gasteiger partial charge >= 0.3 is 5.97 Å². The number of hydrogen-bond donors (Lipinski definition) is 1. The Labute approximate surface area is 584 Å². The van der Waals surface area contributed by atoms with Crippen molar-refractivity contribution < 1.29 is 9.90 Å². The second kappa shape index (κ2) is 73.2. The van der Waals surface area contributed by atoms with E-state index in [2.05, 4.69) is 48.5 Å². The first-order chi connectivity index (χ1) is 45.4. The Morgan fingerprint density at radius 1 is 0.174 bits per heavy atom. The second-order valence-corrected chi connectivity index (χ2v) is 32.0. The average Bonchev–Trinajstić information content (AvgIpc) is 0.723. The number of hydrogen-bond acceptors (Lipinski definition) is 1. The van der Waals surface area contributed by atoms with Crippen molar-refractivity contribution in [2.75, 3.05) is 0 Å². The minimum Gasteiger partial charge on any atom is -0.481 e. The van der Waals surface area contributed by atoms with Gasteiger partial charge in [-0.15, -0.1) is 0 Å². The predicted octanol–water partition coefficient (Wildman–Crippen LogP) is 34.0. The van der Waals surface area contributed by atoms with E-state index in [4.69, 9.17) is 0 Å². The lowest BCUT2D eigenvalue weighted by molar-refractivity contribution is -0.184. The Kier molecular flexibility index (Phi) is 72.8. The summed E-state index contributed by atoms with van der Waals surface area (Å²) < 4.78 is 0. The van der Waals surface area contributed by atoms with Gasteiger partial charge in [-0.25, -0.2) is 0 Å². The third kappa shape index (κ3) is 51.6. The molecule has 0 radical (unpaired) electrons. The Balaban J connectivity index is 8.10. The fraction of sp³-hybridized carbons (Fsp3) is 0.989. The Hall–Kier alpha value is -0.530. The third-order valence-electron chi connectivity index (χ3n) is 23.7. The summed E-state index contributed by atoms with van der Waals surface area (Å²) >= 11 is 0. The van der Waals surface area contributed by atoms with Crippen molar-refractivity contribution in [1.29, 1.82) is 0 Å². The molecule has 0 rings (SSSR count). The van der Waals surface area contributed by atoms with Gasteiger partial charge in [0.15, 0.2) is 0 Å². The summed E-state index contributed by atoms with van der Waals surface area (Å²) in [6.45, 7) is 16.5. The molecular weight excluding hydrogens is 1110 g/mol. The third-order valence-corrected chi connectivity index (χ3v) is 23.7. The van der Waals surface area contributed by atoms with Crippen LogP contribution in [0.4, 0.5) is 0 Å². The van der Waals surface area contributed by atoms with Crippen molar-refractivity contribution in [3.05, 3.63) is 0 Å². The highest BCUT2D eigenvalue weighted by molar-refractivity contribution is 5.76. The molecular formula is C90H180O2. The van der Waals surface area contributed by atoms with Crippen molar-refractivity contribution >= 4 is 5.97 Å². The maximum Gasteiger partial charge on any atom is 0.310 e. The number of carboxylic acids is 1. The van der Waals surface area contributed by atoms with E-state index in [-0.39, 0.29) is 16.8 Å². The first kappa shape index (κ1) is 91.5. The highest BCUT2D eigenvalue weighted by Gasteiger charge is 2.63. The summed E-state index contributed by atoms with van der Waals surface area (Å²) in [6.07, 6.45) is 107. The molecule has 552 valence electrons. The van der Waals surface area contributed by atoms with Gasteiger partial charge in [0.25, 0.3) is 0 Å². The predicted molar refractivity (Wildman–Crippen MR) is 419 cm³/mol. The topological polar surface area (TPSA) is 37.3 Å². The molecule has 2 nitrogen and oxygen atoms in total. The molecule has 0 aliphatic heterocycles. The maximum absolute atomic E-state index is 15.9. The van der Waals surface area contributed by atoms with Gasteiger partial charge in [-0.3, -0.25) is 4.79 Å². The Bertz CT molecular complexity index is 1310. The summed E-state index contributed by atoms with van der Waals surface area (Å²) in [4.78, 5) is 15.9. The van der Waals surface area contributed by atoms with Gasteiger partial charge in [0.1, 0.15) is 0 Å². The number of carbonyl (C=O) groups is 1. The van der Waals surface area contributed by atoms with Crippen LogP contribution in [0.5, 0.6) is 0 Å². The summed E-state index contributed by atoms with van der Waals surface area (Å²) in [7, 11) is 0. The summed E-state index contributed by atoms with van der Waals surface area (Å²) in [5, 5.41) is 13.1. The van der Waals surface area contributed by atoms with E-state index in [9.17, 15) is 5.11 Å². The van der Waals surface area contributed by atoms with E-state index in [0.717, 1.165) is 25.7 Å². The highest BCUT2D eigenvalue weighted by atomic mass is 16.4. The molecule has 0 heterocycles. The minimum absolute atomic E-state index is 0.0831. The number of unbranched alkanes of at least 4 members (excludes halogenated alkanes) is 65. The molecule has 0 saturated carbocycles. The van der Waals surface area contributed by atoms with Crippen molar-refractivity contribution in [3.63, 3.8) is 0 Å². The van der Waals surface area contributed by atoms with Crippen LogP contribution in [0.3, 0.4) is 0 Å². The van der Waals surface area contributed by atoms with Crippen LogP contribution in [-0.2, 0) is 4.79 Å². The van der Waals surface area contributed by atoms with Gasteiger partial charge in [0.05, 0.1) is 5.41 Å². The van der Waals surface area contributed by atoms with Gasteiger partial charge in [-0.2, -0.15) is 0 Å². The van der Waals surface area contributed by atoms with Crippen LogP contribution in [0.1, 0.15) is 556 Å². The molecule has 0 amide bonds. The number of aliphatic carboxylic acids is 1. The molecule has 0 bridgehead atoms. The fourth-order valence-electron chi connectivity index (χ4n) is 17.6. The van der Waals surface area contributed by atoms with Crippen molar-refractivity contribution in [2.45, 2.75) is 556 Å². The monoisotopic (exact) mass is 1290 g/mol. The average molecular weight is 1290 g/mol. The molecule has 2 heteroatoms. The lowest BCUT2D eigenvalue weighted by Crippen LogP contribution is -2.58. The van der Waals surface area contributed by atoms with Crippen LogP contribution in [0.25, 0.3) is 0 Å². The molecule has 0 unspecified atom stereocenters. The van der Waals surface area contributed by atoms with Crippen LogP contribution in [0, 0.1) is 16.2 Å². The highest BCUT2D eigenvalue weighted by Crippen LogP contribution is 2.67. The summed E-state index contributed by atoms with van der Waals surface area (Å²) in [5.41, 5.74) is -0.735. The molecule has 0 saturated heterocycles. The van der Waals surface area contributed by atoms with Crippen molar-refractivity contribution in [1.82, 2.24) is 0 Å². The van der Waals surface area contributed by atoms with Gasteiger partial charge < -0.3 is 5.11 Å². The normalized spacial score (nSPS) is 12.3. The van der Waals surface area contributed by atoms with Crippen LogP contribution < -0.4 is 0 Å². The smallest absolute Gasteiger partial charge is 0.310 e. The molecule has 0 aromatic carbocycles. The zero-order valence-corrected chi connectivity index (χ0v) is 65.7. The Morgan fingerprint density at radius 2 is 0.293 bits per heavy atom. The second-order valence-electron chi connectivity index (χ2n) is 32.0. The molecule has 0 spiro atoms. The van der Waals surface area contributed by atoms with E-state index < -0.39 is 5.41 Å². The Morgan fingerprint density at radius 3 is 0.435 bits per heavy atom. The van der Waals surface area contributed by atoms with Gasteiger partial charge in [0.2, 0.25) is 0 Å². The molecule has 0 aromatic heterocycles. The fourth-order valence-corrected chi connectivity index (χ4v) is 17.6. The van der Waals surface area contributed by atoms with Gasteiger partial charge in [-0.1, -0.05) is 511 Å². The van der Waals surface area contributed by atoms with E-state index in [1.165, 1.54) is 482 Å². The van der Waals surface area contributed by atoms with E-state index in [1.54, 1.807) is 0 Å².